The number of likely N-dealkylation sites (N-methyl/N-ethyl adjacent to an activating group) is 1. The summed E-state index contributed by atoms with van der Waals surface area (Å²) in [5, 5.41) is 5.42. The lowest BCUT2D eigenvalue weighted by Crippen LogP contribution is -2.59. The average Bonchev–Trinajstić information content (AvgIpc) is 3.63. The van der Waals surface area contributed by atoms with Gasteiger partial charge in [0.05, 0.1) is 25.8 Å². The quantitative estimate of drug-likeness (QED) is 0.290. The highest BCUT2D eigenvalue weighted by Crippen LogP contribution is 2.56. The maximum Gasteiger partial charge on any atom is 0.310 e. The molecule has 256 valence electrons. The molecular weight excluding hydrogens is 596 g/mol. The fraction of sp³-hybridized carbons (Fsp3) is 0.634. The summed E-state index contributed by atoms with van der Waals surface area (Å²) in [7, 11) is 5.64. The molecule has 0 amide bonds. The van der Waals surface area contributed by atoms with E-state index in [-0.39, 0.29) is 29.8 Å². The first kappa shape index (κ1) is 31.0. The van der Waals surface area contributed by atoms with Gasteiger partial charge in [0.2, 0.25) is 0 Å². The third-order valence-corrected chi connectivity index (χ3v) is 14.4. The van der Waals surface area contributed by atoms with Crippen LogP contribution in [0.1, 0.15) is 86.6 Å². The Morgan fingerprint density at radius 2 is 1.83 bits per heavy atom. The predicted molar refractivity (Wildman–Crippen MR) is 191 cm³/mol. The molecule has 10 rings (SSSR count). The molecule has 7 aliphatic rings. The number of piperidine rings is 3. The molecule has 6 heterocycles. The molecule has 12 unspecified atom stereocenters. The maximum absolute atomic E-state index is 13.8. The van der Waals surface area contributed by atoms with Gasteiger partial charge in [0.25, 0.3) is 0 Å². The van der Waals surface area contributed by atoms with Crippen molar-refractivity contribution in [1.29, 1.82) is 0 Å². The van der Waals surface area contributed by atoms with E-state index < -0.39 is 0 Å². The molecule has 5 aliphatic heterocycles. The normalized spacial score (nSPS) is 38.2. The van der Waals surface area contributed by atoms with Crippen LogP contribution in [0.15, 0.2) is 36.4 Å². The first-order chi connectivity index (χ1) is 23.4. The summed E-state index contributed by atoms with van der Waals surface area (Å²) in [6.07, 6.45) is 8.10. The topological polar surface area (TPSA) is 69.8 Å². The van der Waals surface area contributed by atoms with E-state index in [1.165, 1.54) is 77.7 Å². The molecule has 12 atom stereocenters. The van der Waals surface area contributed by atoms with E-state index in [0.29, 0.717) is 29.8 Å². The standard InChI is InChI=1S/C41H54N4O3/c1-6-23-14-22-15-32-37-27(12-13-45(20-22)40(23)32)30-16-25(17-35(47-4)39(30)43-37)29-18-28-24(7-2)21-44(3)34(36(28)41(46)48-5)19-31-26-10-8-9-11-33(26)42-38(29)31/h8-11,16-17,22-24,27-29,32,34,36-37,40,42-43H,6-7,12-15,18-21H2,1-5H3. The Morgan fingerprint density at radius 1 is 1.00 bits per heavy atom. The van der Waals surface area contributed by atoms with Crippen LogP contribution in [-0.2, 0) is 16.0 Å². The van der Waals surface area contributed by atoms with Crippen LogP contribution in [-0.4, -0.2) is 79.8 Å². The second kappa shape index (κ2) is 11.8. The van der Waals surface area contributed by atoms with Gasteiger partial charge in [-0.15, -0.1) is 0 Å². The number of esters is 1. The molecular formula is C41H54N4O3. The monoisotopic (exact) mass is 650 g/mol. The zero-order valence-electron chi connectivity index (χ0n) is 29.5. The second-order valence-corrected chi connectivity index (χ2v) is 16.4. The van der Waals surface area contributed by atoms with E-state index in [1.807, 2.05) is 7.11 Å². The van der Waals surface area contributed by atoms with Crippen molar-refractivity contribution in [3.05, 3.63) is 58.8 Å². The Morgan fingerprint density at radius 3 is 2.62 bits per heavy atom. The van der Waals surface area contributed by atoms with Gasteiger partial charge in [0, 0.05) is 59.6 Å². The minimum Gasteiger partial charge on any atom is -0.495 e. The number of methoxy groups -OCH3 is 2. The second-order valence-electron chi connectivity index (χ2n) is 16.4. The van der Waals surface area contributed by atoms with E-state index in [0.717, 1.165) is 43.4 Å². The Balaban J connectivity index is 1.18. The van der Waals surface area contributed by atoms with Crippen LogP contribution < -0.4 is 10.1 Å². The van der Waals surface area contributed by atoms with E-state index in [1.54, 1.807) is 7.11 Å². The van der Waals surface area contributed by atoms with Crippen LogP contribution in [0.3, 0.4) is 0 Å². The van der Waals surface area contributed by atoms with Gasteiger partial charge in [-0.05, 0) is 104 Å². The van der Waals surface area contributed by atoms with Gasteiger partial charge in [0.15, 0.2) is 0 Å². The van der Waals surface area contributed by atoms with Crippen molar-refractivity contribution in [2.75, 3.05) is 46.2 Å². The fourth-order valence-electron chi connectivity index (χ4n) is 12.3. The molecule has 7 nitrogen and oxygen atoms in total. The molecule has 1 aromatic heterocycles. The molecule has 2 aliphatic carbocycles. The van der Waals surface area contributed by atoms with Gasteiger partial charge in [-0.3, -0.25) is 9.69 Å². The molecule has 3 aromatic rings. The van der Waals surface area contributed by atoms with Crippen molar-refractivity contribution in [1.82, 2.24) is 14.8 Å². The number of rotatable bonds is 5. The summed E-state index contributed by atoms with van der Waals surface area (Å²) in [6, 6.07) is 15.0. The van der Waals surface area contributed by atoms with Crippen LogP contribution >= 0.6 is 0 Å². The molecule has 2 N–H and O–H groups in total. The number of aromatic nitrogens is 1. The van der Waals surface area contributed by atoms with Crippen molar-refractivity contribution < 1.29 is 14.3 Å². The number of hydrogen-bond donors (Lipinski definition) is 2. The molecule has 0 radical (unpaired) electrons. The first-order valence-corrected chi connectivity index (χ1v) is 19.0. The van der Waals surface area contributed by atoms with E-state index >= 15 is 0 Å². The number of carbonyl (C=O) groups excluding carboxylic acids is 1. The van der Waals surface area contributed by atoms with Crippen molar-refractivity contribution in [2.45, 2.75) is 88.8 Å². The number of benzene rings is 2. The number of fused-ring (bicyclic) bond motifs is 9. The van der Waals surface area contributed by atoms with E-state index in [9.17, 15) is 4.79 Å². The number of nitrogens with one attached hydrogen (secondary N) is 2. The zero-order chi connectivity index (χ0) is 32.8. The summed E-state index contributed by atoms with van der Waals surface area (Å²) in [5.41, 5.74) is 7.91. The van der Waals surface area contributed by atoms with Crippen LogP contribution in [0.25, 0.3) is 10.9 Å². The number of likely N-dealkylation sites (tertiary alicyclic amines) is 1. The first-order valence-electron chi connectivity index (χ1n) is 19.0. The fourth-order valence-corrected chi connectivity index (χ4v) is 12.3. The maximum atomic E-state index is 13.8. The van der Waals surface area contributed by atoms with Crippen LogP contribution in [0.5, 0.6) is 5.75 Å². The predicted octanol–water partition coefficient (Wildman–Crippen LogP) is 7.02. The van der Waals surface area contributed by atoms with Crippen molar-refractivity contribution in [2.24, 2.45) is 35.5 Å². The van der Waals surface area contributed by atoms with Gasteiger partial charge in [-0.2, -0.15) is 0 Å². The minimum absolute atomic E-state index is 0.0464. The van der Waals surface area contributed by atoms with Crippen molar-refractivity contribution >= 4 is 22.6 Å². The lowest BCUT2D eigenvalue weighted by molar-refractivity contribution is -0.155. The molecule has 2 aromatic carbocycles. The van der Waals surface area contributed by atoms with Crippen LogP contribution in [0.4, 0.5) is 5.69 Å². The zero-order valence-corrected chi connectivity index (χ0v) is 29.5. The Bertz CT molecular complexity index is 1720. The highest BCUT2D eigenvalue weighted by molar-refractivity contribution is 5.86. The molecule has 7 heteroatoms. The van der Waals surface area contributed by atoms with E-state index in [2.05, 4.69) is 77.4 Å². The van der Waals surface area contributed by atoms with Crippen LogP contribution in [0.2, 0.25) is 0 Å². The smallest absolute Gasteiger partial charge is 0.310 e. The summed E-state index contributed by atoms with van der Waals surface area (Å²) in [6.45, 7) is 8.23. The summed E-state index contributed by atoms with van der Waals surface area (Å²) >= 11 is 0. The third-order valence-electron chi connectivity index (χ3n) is 14.4. The average molecular weight is 651 g/mol. The number of nitrogens with zero attached hydrogens (tertiary/aromatic N) is 2. The Labute approximate surface area is 286 Å². The van der Waals surface area contributed by atoms with Crippen LogP contribution in [0, 0.1) is 35.5 Å². The number of ether oxygens (including phenoxy) is 2. The number of hydrogen-bond acceptors (Lipinski definition) is 6. The number of anilines is 1. The van der Waals surface area contributed by atoms with Gasteiger partial charge >= 0.3 is 5.97 Å². The van der Waals surface area contributed by atoms with Gasteiger partial charge in [-0.25, -0.2) is 0 Å². The molecule has 1 saturated carbocycles. The van der Waals surface area contributed by atoms with Crippen molar-refractivity contribution in [3.63, 3.8) is 0 Å². The summed E-state index contributed by atoms with van der Waals surface area (Å²) in [4.78, 5) is 23.1. The highest BCUT2D eigenvalue weighted by atomic mass is 16.5. The molecule has 0 spiro atoms. The van der Waals surface area contributed by atoms with Gasteiger partial charge < -0.3 is 24.7 Å². The van der Waals surface area contributed by atoms with Gasteiger partial charge in [0.1, 0.15) is 5.75 Å². The number of para-hydroxylation sites is 1. The summed E-state index contributed by atoms with van der Waals surface area (Å²) in [5.74, 6) is 4.45. The SMILES string of the molecule is CCC1CN(C)C2Cc3c([nH]c4ccccc34)C(c3cc(OC)c4c(c3)C3CCN5CC6CC(CC)C5C(C6)C3N4)CC1C2C(=O)OC. The number of carbonyl (C=O) groups is 1. The highest BCUT2D eigenvalue weighted by Gasteiger charge is 2.54. The molecule has 48 heavy (non-hydrogen) atoms. The Kier molecular flexibility index (Phi) is 7.61. The molecule has 5 fully saturated rings. The lowest BCUT2D eigenvalue weighted by Gasteiger charge is -2.54. The van der Waals surface area contributed by atoms with E-state index in [4.69, 9.17) is 9.47 Å². The minimum atomic E-state index is -0.150. The summed E-state index contributed by atoms with van der Waals surface area (Å²) < 4.78 is 11.9. The number of H-pyrrole nitrogens is 1. The van der Waals surface area contributed by atoms with Gasteiger partial charge in [-0.1, -0.05) is 51.0 Å². The molecule has 6 bridgehead atoms. The number of aromatic amines is 1. The molecule has 4 saturated heterocycles. The van der Waals surface area contributed by atoms with Crippen molar-refractivity contribution in [3.8, 4) is 5.75 Å². The third kappa shape index (κ3) is 4.55. The largest absolute Gasteiger partial charge is 0.495 e. The Hall–Kier alpha value is -3.03. The lowest BCUT2D eigenvalue weighted by atomic mass is 9.63.